The highest BCUT2D eigenvalue weighted by Crippen LogP contribution is 2.13. The first-order valence-electron chi connectivity index (χ1n) is 5.44. The molecule has 0 saturated heterocycles. The summed E-state index contributed by atoms with van der Waals surface area (Å²) in [6, 6.07) is 0. The average Bonchev–Trinajstić information content (AvgIpc) is 2.04. The van der Waals surface area contributed by atoms with E-state index in [1.807, 2.05) is 0 Å². The molecule has 0 aliphatic heterocycles. The SMILES string of the molecule is C=C(CCCN(C)CCC)C(C)C. The third-order valence-electron chi connectivity index (χ3n) is 2.46. The van der Waals surface area contributed by atoms with Gasteiger partial charge in [-0.25, -0.2) is 0 Å². The van der Waals surface area contributed by atoms with E-state index in [2.05, 4.69) is 39.3 Å². The van der Waals surface area contributed by atoms with Crippen LogP contribution >= 0.6 is 0 Å². The maximum atomic E-state index is 4.08. The van der Waals surface area contributed by atoms with Crippen molar-refractivity contribution in [2.45, 2.75) is 40.0 Å². The van der Waals surface area contributed by atoms with E-state index in [9.17, 15) is 0 Å². The summed E-state index contributed by atoms with van der Waals surface area (Å²) in [6.45, 7) is 13.2. The summed E-state index contributed by atoms with van der Waals surface area (Å²) in [6.07, 6.45) is 3.70. The topological polar surface area (TPSA) is 3.24 Å². The van der Waals surface area contributed by atoms with Crippen molar-refractivity contribution in [1.82, 2.24) is 4.90 Å². The first-order valence-corrected chi connectivity index (χ1v) is 5.44. The van der Waals surface area contributed by atoms with Crippen LogP contribution in [0.4, 0.5) is 0 Å². The van der Waals surface area contributed by atoms with Crippen molar-refractivity contribution in [2.75, 3.05) is 20.1 Å². The summed E-state index contributed by atoms with van der Waals surface area (Å²) in [7, 11) is 2.20. The molecule has 0 radical (unpaired) electrons. The van der Waals surface area contributed by atoms with Crippen LogP contribution in [0.15, 0.2) is 12.2 Å². The van der Waals surface area contributed by atoms with Gasteiger partial charge in [0, 0.05) is 0 Å². The van der Waals surface area contributed by atoms with Gasteiger partial charge >= 0.3 is 0 Å². The van der Waals surface area contributed by atoms with E-state index >= 15 is 0 Å². The molecule has 1 nitrogen and oxygen atoms in total. The Morgan fingerprint density at radius 3 is 2.38 bits per heavy atom. The van der Waals surface area contributed by atoms with E-state index in [0.29, 0.717) is 5.92 Å². The van der Waals surface area contributed by atoms with E-state index in [1.165, 1.54) is 37.9 Å². The van der Waals surface area contributed by atoms with Crippen LogP contribution in [0, 0.1) is 5.92 Å². The van der Waals surface area contributed by atoms with Crippen LogP contribution in [-0.4, -0.2) is 25.0 Å². The Morgan fingerprint density at radius 2 is 1.92 bits per heavy atom. The maximum Gasteiger partial charge on any atom is -0.00187 e. The first-order chi connectivity index (χ1) is 6.07. The molecule has 0 rings (SSSR count). The molecule has 0 aromatic heterocycles. The third-order valence-corrected chi connectivity index (χ3v) is 2.46. The smallest absolute Gasteiger partial charge is 0.00187 e. The molecule has 13 heavy (non-hydrogen) atoms. The second-order valence-corrected chi connectivity index (χ2v) is 4.22. The van der Waals surface area contributed by atoms with Crippen LogP contribution in [0.3, 0.4) is 0 Å². The van der Waals surface area contributed by atoms with Crippen LogP contribution < -0.4 is 0 Å². The Balaban J connectivity index is 3.39. The molecule has 0 amide bonds. The van der Waals surface area contributed by atoms with E-state index in [0.717, 1.165) is 0 Å². The van der Waals surface area contributed by atoms with Gasteiger partial charge in [-0.3, -0.25) is 0 Å². The molecule has 0 aliphatic rings. The van der Waals surface area contributed by atoms with Crippen molar-refractivity contribution in [3.05, 3.63) is 12.2 Å². The van der Waals surface area contributed by atoms with Crippen molar-refractivity contribution in [2.24, 2.45) is 5.92 Å². The molecule has 0 bridgehead atoms. The second kappa shape index (κ2) is 7.14. The number of allylic oxidation sites excluding steroid dienone is 1. The number of nitrogens with zero attached hydrogens (tertiary/aromatic N) is 1. The quantitative estimate of drug-likeness (QED) is 0.547. The molecule has 0 aromatic rings. The van der Waals surface area contributed by atoms with Gasteiger partial charge in [-0.05, 0) is 45.3 Å². The Hall–Kier alpha value is -0.300. The molecule has 0 N–H and O–H groups in total. The van der Waals surface area contributed by atoms with Gasteiger partial charge in [0.15, 0.2) is 0 Å². The molecule has 0 saturated carbocycles. The molecular formula is C12H25N. The number of hydrogen-bond donors (Lipinski definition) is 0. The summed E-state index contributed by atoms with van der Waals surface area (Å²) < 4.78 is 0. The van der Waals surface area contributed by atoms with E-state index in [1.54, 1.807) is 0 Å². The lowest BCUT2D eigenvalue weighted by Gasteiger charge is -2.16. The van der Waals surface area contributed by atoms with Crippen LogP contribution in [0.5, 0.6) is 0 Å². The second-order valence-electron chi connectivity index (χ2n) is 4.22. The largest absolute Gasteiger partial charge is 0.306 e. The van der Waals surface area contributed by atoms with Gasteiger partial charge in [0.1, 0.15) is 0 Å². The van der Waals surface area contributed by atoms with Crippen LogP contribution in [0.2, 0.25) is 0 Å². The zero-order valence-corrected chi connectivity index (χ0v) is 9.77. The summed E-state index contributed by atoms with van der Waals surface area (Å²) >= 11 is 0. The highest BCUT2D eigenvalue weighted by atomic mass is 15.1. The van der Waals surface area contributed by atoms with E-state index in [-0.39, 0.29) is 0 Å². The molecule has 0 fully saturated rings. The van der Waals surface area contributed by atoms with Gasteiger partial charge < -0.3 is 4.90 Å². The maximum absolute atomic E-state index is 4.08. The summed E-state index contributed by atoms with van der Waals surface area (Å²) in [5.74, 6) is 0.650. The summed E-state index contributed by atoms with van der Waals surface area (Å²) in [5, 5.41) is 0. The van der Waals surface area contributed by atoms with Gasteiger partial charge in [-0.1, -0.05) is 32.9 Å². The van der Waals surface area contributed by atoms with Gasteiger partial charge in [0.2, 0.25) is 0 Å². The van der Waals surface area contributed by atoms with E-state index in [4.69, 9.17) is 0 Å². The van der Waals surface area contributed by atoms with E-state index < -0.39 is 0 Å². The predicted molar refractivity (Wildman–Crippen MR) is 61.0 cm³/mol. The van der Waals surface area contributed by atoms with Gasteiger partial charge in [0.25, 0.3) is 0 Å². The highest BCUT2D eigenvalue weighted by Gasteiger charge is 2.01. The Bertz CT molecular complexity index is 138. The van der Waals surface area contributed by atoms with Crippen molar-refractivity contribution < 1.29 is 0 Å². The lowest BCUT2D eigenvalue weighted by atomic mass is 10.0. The molecule has 78 valence electrons. The first kappa shape index (κ1) is 12.7. The highest BCUT2D eigenvalue weighted by molar-refractivity contribution is 4.96. The normalized spacial score (nSPS) is 11.2. The predicted octanol–water partition coefficient (Wildman–Crippen LogP) is 3.32. The van der Waals surface area contributed by atoms with Gasteiger partial charge in [-0.2, -0.15) is 0 Å². The molecular weight excluding hydrogens is 158 g/mol. The number of rotatable bonds is 7. The molecule has 0 aromatic carbocycles. The minimum atomic E-state index is 0.650. The lowest BCUT2D eigenvalue weighted by molar-refractivity contribution is 0.329. The van der Waals surface area contributed by atoms with Crippen molar-refractivity contribution in [1.29, 1.82) is 0 Å². The monoisotopic (exact) mass is 183 g/mol. The molecule has 0 heterocycles. The van der Waals surface area contributed by atoms with Crippen molar-refractivity contribution >= 4 is 0 Å². The Morgan fingerprint density at radius 1 is 1.31 bits per heavy atom. The van der Waals surface area contributed by atoms with Gasteiger partial charge in [0.05, 0.1) is 0 Å². The fourth-order valence-electron chi connectivity index (χ4n) is 1.36. The lowest BCUT2D eigenvalue weighted by Crippen LogP contribution is -2.20. The minimum Gasteiger partial charge on any atom is -0.306 e. The molecule has 1 heteroatoms. The number of hydrogen-bond acceptors (Lipinski definition) is 1. The van der Waals surface area contributed by atoms with Crippen molar-refractivity contribution in [3.8, 4) is 0 Å². The third kappa shape index (κ3) is 6.83. The molecule has 0 atom stereocenters. The molecule has 0 aliphatic carbocycles. The van der Waals surface area contributed by atoms with Crippen LogP contribution in [0.1, 0.15) is 40.0 Å². The fourth-order valence-corrected chi connectivity index (χ4v) is 1.36. The Labute approximate surface area is 83.8 Å². The standard InChI is InChI=1S/C12H25N/c1-6-9-13(5)10-7-8-12(4)11(2)3/h11H,4,6-10H2,1-3,5H3. The summed E-state index contributed by atoms with van der Waals surface area (Å²) in [4.78, 5) is 2.40. The van der Waals surface area contributed by atoms with Crippen LogP contribution in [0.25, 0.3) is 0 Å². The zero-order valence-electron chi connectivity index (χ0n) is 9.77. The van der Waals surface area contributed by atoms with Gasteiger partial charge in [-0.15, -0.1) is 0 Å². The van der Waals surface area contributed by atoms with Crippen molar-refractivity contribution in [3.63, 3.8) is 0 Å². The fraction of sp³-hybridized carbons (Fsp3) is 0.833. The molecule has 0 spiro atoms. The minimum absolute atomic E-state index is 0.650. The molecule has 0 unspecified atom stereocenters. The Kier molecular flexibility index (Phi) is 6.97. The van der Waals surface area contributed by atoms with Crippen LogP contribution in [-0.2, 0) is 0 Å². The average molecular weight is 183 g/mol. The zero-order chi connectivity index (χ0) is 10.3. The summed E-state index contributed by atoms with van der Waals surface area (Å²) in [5.41, 5.74) is 1.39.